The van der Waals surface area contributed by atoms with Gasteiger partial charge in [-0.2, -0.15) is 0 Å². The van der Waals surface area contributed by atoms with Crippen molar-refractivity contribution in [1.82, 2.24) is 14.8 Å². The van der Waals surface area contributed by atoms with E-state index >= 15 is 13.2 Å². The van der Waals surface area contributed by atoms with Crippen LogP contribution in [0.1, 0.15) is 48.8 Å². The molecule has 9 nitrogen and oxygen atoms in total. The fourth-order valence-corrected chi connectivity index (χ4v) is 8.03. The van der Waals surface area contributed by atoms with Gasteiger partial charge in [0.2, 0.25) is 11.8 Å². The number of benzene rings is 2. The van der Waals surface area contributed by atoms with Crippen LogP contribution >= 0.6 is 11.6 Å². The molecule has 0 unspecified atom stereocenters. The molecule has 3 fully saturated rings. The zero-order chi connectivity index (χ0) is 35.9. The van der Waals surface area contributed by atoms with E-state index in [1.807, 2.05) is 17.9 Å². The minimum Gasteiger partial charge on any atom is -0.496 e. The fraction of sp³-hybridized carbons (Fsp3) is 0.486. The van der Waals surface area contributed by atoms with Gasteiger partial charge in [0.05, 0.1) is 19.3 Å². The van der Waals surface area contributed by atoms with E-state index in [9.17, 15) is 14.4 Å². The molecular weight excluding hydrogens is 671 g/mol. The van der Waals surface area contributed by atoms with E-state index in [1.165, 1.54) is 17.7 Å². The average Bonchev–Trinajstić information content (AvgIpc) is 3.07. The van der Waals surface area contributed by atoms with Gasteiger partial charge in [0.15, 0.2) is 0 Å². The van der Waals surface area contributed by atoms with Gasteiger partial charge < -0.3 is 19.5 Å². The third-order valence-electron chi connectivity index (χ3n) is 10.7. The maximum Gasteiger partial charge on any atom is 0.263 e. The quantitative estimate of drug-likeness (QED) is 0.274. The van der Waals surface area contributed by atoms with E-state index in [4.69, 9.17) is 16.3 Å². The number of hydrogen-bond acceptors (Lipinski definition) is 7. The van der Waals surface area contributed by atoms with Crippen molar-refractivity contribution in [3.63, 3.8) is 0 Å². The van der Waals surface area contributed by atoms with E-state index in [0.717, 1.165) is 16.7 Å². The summed E-state index contributed by atoms with van der Waals surface area (Å²) in [6.07, 6.45) is 3.71. The number of imide groups is 1. The highest BCUT2D eigenvalue weighted by atomic mass is 35.5. The number of nitrogens with zero attached hydrogens (tertiary/aromatic N) is 3. The number of piperidine rings is 3. The van der Waals surface area contributed by atoms with Crippen LogP contribution in [-0.4, -0.2) is 66.5 Å². The Morgan fingerprint density at radius 3 is 2.42 bits per heavy atom. The van der Waals surface area contributed by atoms with E-state index < -0.39 is 36.2 Å². The smallest absolute Gasteiger partial charge is 0.263 e. The fourth-order valence-electron chi connectivity index (χ4n) is 7.76. The van der Waals surface area contributed by atoms with E-state index in [0.29, 0.717) is 78.6 Å². The van der Waals surface area contributed by atoms with Crippen molar-refractivity contribution in [3.05, 3.63) is 74.4 Å². The first-order valence-corrected chi connectivity index (χ1v) is 17.4. The molecule has 2 amide bonds. The van der Waals surface area contributed by atoms with Gasteiger partial charge in [-0.3, -0.25) is 24.6 Å². The van der Waals surface area contributed by atoms with Crippen molar-refractivity contribution >= 4 is 34.8 Å². The first-order chi connectivity index (χ1) is 23.7. The highest BCUT2D eigenvalue weighted by molar-refractivity contribution is 6.32. The maximum atomic E-state index is 15.8. The molecule has 0 aliphatic carbocycles. The summed E-state index contributed by atoms with van der Waals surface area (Å²) in [5.41, 5.74) is 4.51. The summed E-state index contributed by atoms with van der Waals surface area (Å²) < 4.78 is 54.1. The van der Waals surface area contributed by atoms with Crippen molar-refractivity contribution in [2.45, 2.75) is 64.5 Å². The number of likely N-dealkylation sites (tertiary alicyclic amines) is 1. The number of carbonyl (C=O) groups excluding carboxylic acids is 2. The number of hydrogen-bond donors (Lipinski definition) is 2. The van der Waals surface area contributed by atoms with Crippen LogP contribution in [0.3, 0.4) is 0 Å². The van der Waals surface area contributed by atoms with Gasteiger partial charge in [0, 0.05) is 72.6 Å². The number of methoxy groups -OCH3 is 1. The molecule has 3 aliphatic heterocycles. The molecule has 0 bridgehead atoms. The average molecular weight is 714 g/mol. The normalized spacial score (nSPS) is 21.6. The predicted molar refractivity (Wildman–Crippen MR) is 188 cm³/mol. The number of carbonyl (C=O) groups is 2. The second-order valence-corrected chi connectivity index (χ2v) is 14.3. The van der Waals surface area contributed by atoms with Crippen molar-refractivity contribution in [1.29, 1.82) is 0 Å². The van der Waals surface area contributed by atoms with Gasteiger partial charge in [-0.1, -0.05) is 11.6 Å². The number of rotatable bonds is 8. The number of ether oxygens (including phenoxy) is 1. The number of nitrogens with one attached hydrogen (secondary N) is 2. The standard InChI is InChI=1S/C37H43ClF3N5O4/c1-21-22(2)36(49)44(3)18-26(21)24-15-29(38)27(33(16-24)50-4)19-45-12-11-28(37(40,41)20-45)23-9-13-46(14-10-23)32-7-5-25(17-30(32)39)42-31-6-8-34(47)43-35(31)48/h5,7,15-18,23,28,31,42H,6,8-14,19-20H2,1-4H3,(H,43,47,48)/t28-,31-/m0/s1. The Kier molecular flexibility index (Phi) is 10.2. The molecule has 0 spiro atoms. The zero-order valence-electron chi connectivity index (χ0n) is 28.8. The molecule has 2 N–H and O–H groups in total. The van der Waals surface area contributed by atoms with Crippen molar-refractivity contribution in [3.8, 4) is 16.9 Å². The molecule has 2 atom stereocenters. The van der Waals surface area contributed by atoms with Crippen LogP contribution < -0.4 is 25.8 Å². The molecule has 0 radical (unpaired) electrons. The van der Waals surface area contributed by atoms with E-state index in [2.05, 4.69) is 10.6 Å². The van der Waals surface area contributed by atoms with Crippen LogP contribution in [0, 0.1) is 31.5 Å². The third kappa shape index (κ3) is 7.23. The molecule has 3 saturated heterocycles. The highest BCUT2D eigenvalue weighted by Gasteiger charge is 2.48. The van der Waals surface area contributed by atoms with Gasteiger partial charge in [0.25, 0.3) is 11.5 Å². The lowest BCUT2D eigenvalue weighted by Crippen LogP contribution is -2.52. The zero-order valence-corrected chi connectivity index (χ0v) is 29.5. The maximum absolute atomic E-state index is 15.8. The van der Waals surface area contributed by atoms with Gasteiger partial charge >= 0.3 is 0 Å². The first kappa shape index (κ1) is 35.8. The van der Waals surface area contributed by atoms with Gasteiger partial charge in [-0.05, 0) is 93.5 Å². The van der Waals surface area contributed by atoms with Crippen molar-refractivity contribution < 1.29 is 27.5 Å². The molecule has 268 valence electrons. The Bertz CT molecular complexity index is 1860. The molecular formula is C37H43ClF3N5O4. The molecule has 50 heavy (non-hydrogen) atoms. The number of anilines is 2. The second-order valence-electron chi connectivity index (χ2n) is 13.9. The number of halogens is 4. The summed E-state index contributed by atoms with van der Waals surface area (Å²) in [5, 5.41) is 5.68. The van der Waals surface area contributed by atoms with Crippen LogP contribution in [0.4, 0.5) is 24.5 Å². The van der Waals surface area contributed by atoms with E-state index in [-0.39, 0.29) is 30.3 Å². The van der Waals surface area contributed by atoms with Gasteiger partial charge in [-0.15, -0.1) is 0 Å². The highest BCUT2D eigenvalue weighted by Crippen LogP contribution is 2.44. The van der Waals surface area contributed by atoms with Crippen molar-refractivity contribution in [2.24, 2.45) is 18.9 Å². The van der Waals surface area contributed by atoms with Crippen LogP contribution in [0.15, 0.2) is 41.3 Å². The molecule has 13 heteroatoms. The lowest BCUT2D eigenvalue weighted by atomic mass is 9.76. The number of aromatic nitrogens is 1. The minimum atomic E-state index is -2.91. The number of pyridine rings is 1. The van der Waals surface area contributed by atoms with Crippen LogP contribution in [0.2, 0.25) is 5.02 Å². The van der Waals surface area contributed by atoms with Crippen LogP contribution in [0.5, 0.6) is 5.75 Å². The van der Waals surface area contributed by atoms with Gasteiger partial charge in [-0.25, -0.2) is 13.2 Å². The topological polar surface area (TPSA) is 95.9 Å². The molecule has 3 aliphatic rings. The summed E-state index contributed by atoms with van der Waals surface area (Å²) in [4.78, 5) is 39.5. The first-order valence-electron chi connectivity index (χ1n) is 17.0. The number of amides is 2. The minimum absolute atomic E-state index is 0.0717. The lowest BCUT2D eigenvalue weighted by Gasteiger charge is -2.45. The molecule has 0 saturated carbocycles. The molecule has 1 aromatic heterocycles. The van der Waals surface area contributed by atoms with Gasteiger partial charge in [0.1, 0.15) is 17.6 Å². The van der Waals surface area contributed by atoms with Crippen LogP contribution in [-0.2, 0) is 23.2 Å². The second kappa shape index (κ2) is 14.3. The SMILES string of the molecule is COc1cc(-c2cn(C)c(=O)c(C)c2C)cc(Cl)c1CN1CC[C@@H](C2CCN(c3ccc(N[C@H]4CCC(=O)NC4=O)cc3F)CC2)C(F)(F)C1. The summed E-state index contributed by atoms with van der Waals surface area (Å²) in [6, 6.07) is 7.70. The van der Waals surface area contributed by atoms with E-state index in [1.54, 1.807) is 43.3 Å². The summed E-state index contributed by atoms with van der Waals surface area (Å²) >= 11 is 6.78. The summed E-state index contributed by atoms with van der Waals surface area (Å²) in [6.45, 7) is 4.90. The Morgan fingerprint density at radius 1 is 1.02 bits per heavy atom. The Balaban J connectivity index is 1.07. The predicted octanol–water partition coefficient (Wildman–Crippen LogP) is 6.06. The summed E-state index contributed by atoms with van der Waals surface area (Å²) in [7, 11) is 3.23. The third-order valence-corrected chi connectivity index (χ3v) is 11.0. The monoisotopic (exact) mass is 713 g/mol. The van der Waals surface area contributed by atoms with Crippen molar-refractivity contribution in [2.75, 3.05) is 43.5 Å². The summed E-state index contributed by atoms with van der Waals surface area (Å²) in [5.74, 6) is -4.59. The largest absolute Gasteiger partial charge is 0.496 e. The molecule has 3 aromatic rings. The van der Waals surface area contributed by atoms with Crippen LogP contribution in [0.25, 0.3) is 11.1 Å². The molecule has 2 aromatic carbocycles. The Morgan fingerprint density at radius 2 is 1.76 bits per heavy atom. The Hall–Kier alpha value is -4.03. The number of alkyl halides is 2. The lowest BCUT2D eigenvalue weighted by molar-refractivity contribution is -0.134. The molecule has 4 heterocycles. The number of aryl methyl sites for hydroxylation is 1. The molecule has 6 rings (SSSR count). The Labute approximate surface area is 294 Å².